The third-order valence-corrected chi connectivity index (χ3v) is 5.24. The molecule has 170 valence electrons. The van der Waals surface area contributed by atoms with Gasteiger partial charge >= 0.3 is 12.1 Å². The molecule has 1 fully saturated rings. The van der Waals surface area contributed by atoms with Gasteiger partial charge in [0.1, 0.15) is 17.5 Å². The van der Waals surface area contributed by atoms with Gasteiger partial charge < -0.3 is 10.4 Å². The average molecular weight is 473 g/mol. The van der Waals surface area contributed by atoms with Crippen molar-refractivity contribution >= 4 is 40.7 Å². The lowest BCUT2D eigenvalue weighted by molar-refractivity contribution is -0.383. The van der Waals surface area contributed by atoms with Gasteiger partial charge in [-0.25, -0.2) is 9.78 Å². The number of amides is 1. The van der Waals surface area contributed by atoms with Crippen LogP contribution >= 0.6 is 11.6 Å². The quantitative estimate of drug-likeness (QED) is 0.482. The molecule has 3 rings (SSSR count). The highest BCUT2D eigenvalue weighted by atomic mass is 35.5. The second-order valence-electron chi connectivity index (χ2n) is 7.14. The molecule has 2 unspecified atom stereocenters. The molecule has 0 bridgehead atoms. The molecule has 2 atom stereocenters. The topological polar surface area (TPSA) is 126 Å². The zero-order valence-electron chi connectivity index (χ0n) is 16.4. The highest BCUT2D eigenvalue weighted by molar-refractivity contribution is 6.33. The van der Waals surface area contributed by atoms with Gasteiger partial charge in [-0.15, -0.1) is 0 Å². The Morgan fingerprint density at radius 2 is 2.09 bits per heavy atom. The summed E-state index contributed by atoms with van der Waals surface area (Å²) < 4.78 is 39.6. The van der Waals surface area contributed by atoms with Crippen LogP contribution in [0, 0.1) is 23.0 Å². The van der Waals surface area contributed by atoms with Crippen LogP contribution in [0.25, 0.3) is 0 Å². The van der Waals surface area contributed by atoms with Crippen LogP contribution in [0.3, 0.4) is 0 Å². The molecule has 0 spiro atoms. The molecule has 13 heteroatoms. The number of aryl methyl sites for hydroxylation is 1. The number of carbonyl (C=O) groups is 2. The minimum absolute atomic E-state index is 0.0161. The predicted octanol–water partition coefficient (Wildman–Crippen LogP) is 3.89. The second-order valence-corrected chi connectivity index (χ2v) is 7.54. The second kappa shape index (κ2) is 8.61. The maximum atomic E-state index is 13.2. The van der Waals surface area contributed by atoms with Crippen molar-refractivity contribution in [2.24, 2.45) is 5.92 Å². The first-order valence-corrected chi connectivity index (χ1v) is 9.55. The fourth-order valence-electron chi connectivity index (χ4n) is 3.58. The number of carbonyl (C=O) groups excluding carboxylic acids is 1. The Hall–Kier alpha value is -3.41. The fraction of sp³-hybridized carbons (Fsp3) is 0.316. The number of alkyl halides is 3. The molecule has 2 heterocycles. The van der Waals surface area contributed by atoms with E-state index in [4.69, 9.17) is 11.6 Å². The number of rotatable bonds is 6. The standard InChI is InChI=1S/C19H16ClF3N4O5/c1-9-5-11(19(21,22)23)7-14(25-9)26-15(28)6-10(17(26)18(29)30)8-24-16-12(20)3-2-4-13(16)27(31)32/h2-5,7,10,17,24H,6,8H2,1H3,(H,29,30). The first-order valence-electron chi connectivity index (χ1n) is 9.17. The van der Waals surface area contributed by atoms with E-state index in [0.29, 0.717) is 6.07 Å². The summed E-state index contributed by atoms with van der Waals surface area (Å²) in [4.78, 5) is 39.8. The summed E-state index contributed by atoms with van der Waals surface area (Å²) in [5, 5.41) is 23.7. The van der Waals surface area contributed by atoms with Crippen LogP contribution in [-0.2, 0) is 15.8 Å². The molecule has 9 nitrogen and oxygen atoms in total. The lowest BCUT2D eigenvalue weighted by Crippen LogP contribution is -2.43. The molecule has 0 aliphatic carbocycles. The lowest BCUT2D eigenvalue weighted by atomic mass is 10.00. The van der Waals surface area contributed by atoms with E-state index in [1.165, 1.54) is 25.1 Å². The smallest absolute Gasteiger partial charge is 0.416 e. The van der Waals surface area contributed by atoms with Gasteiger partial charge in [-0.1, -0.05) is 17.7 Å². The SMILES string of the molecule is Cc1cc(C(F)(F)F)cc(N2C(=O)CC(CNc3c(Cl)cccc3[N+](=O)[O-])C2C(=O)O)n1. The van der Waals surface area contributed by atoms with Crippen LogP contribution in [0.4, 0.5) is 30.4 Å². The predicted molar refractivity (Wildman–Crippen MR) is 108 cm³/mol. The van der Waals surface area contributed by atoms with Crippen molar-refractivity contribution in [3.05, 3.63) is 56.7 Å². The summed E-state index contributed by atoms with van der Waals surface area (Å²) in [6, 6.07) is 3.84. The number of hydrogen-bond donors (Lipinski definition) is 2. The third kappa shape index (κ3) is 4.59. The molecule has 2 aromatic rings. The molecule has 1 aromatic carbocycles. The summed E-state index contributed by atoms with van der Waals surface area (Å²) in [5.41, 5.74) is -1.51. The van der Waals surface area contributed by atoms with Crippen LogP contribution in [0.2, 0.25) is 5.02 Å². The highest BCUT2D eigenvalue weighted by Gasteiger charge is 2.46. The Bertz CT molecular complexity index is 1100. The number of carboxylic acids is 1. The summed E-state index contributed by atoms with van der Waals surface area (Å²) in [7, 11) is 0. The number of pyridine rings is 1. The van der Waals surface area contributed by atoms with Gasteiger partial charge in [-0.2, -0.15) is 13.2 Å². The molecule has 0 saturated carbocycles. The van der Waals surface area contributed by atoms with Crippen LogP contribution in [-0.4, -0.2) is 39.5 Å². The summed E-state index contributed by atoms with van der Waals surface area (Å²) in [5.74, 6) is -3.54. The van der Waals surface area contributed by atoms with Crippen molar-refractivity contribution in [2.75, 3.05) is 16.8 Å². The van der Waals surface area contributed by atoms with Crippen molar-refractivity contribution in [1.29, 1.82) is 0 Å². The molecular formula is C19H16ClF3N4O5. The molecule has 32 heavy (non-hydrogen) atoms. The summed E-state index contributed by atoms with van der Waals surface area (Å²) in [6.07, 6.45) is -5.03. The maximum absolute atomic E-state index is 13.2. The van der Waals surface area contributed by atoms with Crippen LogP contribution in [0.1, 0.15) is 17.7 Å². The molecular weight excluding hydrogens is 457 g/mol. The zero-order valence-corrected chi connectivity index (χ0v) is 17.1. The normalized spacial score (nSPS) is 18.7. The van der Waals surface area contributed by atoms with E-state index < -0.39 is 46.3 Å². The van der Waals surface area contributed by atoms with Crippen molar-refractivity contribution < 1.29 is 32.8 Å². The number of aliphatic carboxylic acids is 1. The van der Waals surface area contributed by atoms with E-state index in [9.17, 15) is 38.0 Å². The minimum Gasteiger partial charge on any atom is -0.480 e. The molecule has 1 aliphatic rings. The number of nitrogens with zero attached hydrogens (tertiary/aromatic N) is 3. The van der Waals surface area contributed by atoms with Gasteiger partial charge in [-0.3, -0.25) is 19.8 Å². The van der Waals surface area contributed by atoms with E-state index in [-0.39, 0.29) is 35.1 Å². The Morgan fingerprint density at radius 1 is 1.41 bits per heavy atom. The fourth-order valence-corrected chi connectivity index (χ4v) is 3.81. The number of anilines is 2. The van der Waals surface area contributed by atoms with Gasteiger partial charge in [-0.05, 0) is 25.1 Å². The molecule has 1 aliphatic heterocycles. The average Bonchev–Trinajstić information content (AvgIpc) is 3.02. The monoisotopic (exact) mass is 472 g/mol. The number of carboxylic acid groups (broad SMARTS) is 1. The van der Waals surface area contributed by atoms with E-state index in [2.05, 4.69) is 10.3 Å². The summed E-state index contributed by atoms with van der Waals surface area (Å²) in [6.45, 7) is 1.09. The number of nitrogens with one attached hydrogen (secondary N) is 1. The lowest BCUT2D eigenvalue weighted by Gasteiger charge is -2.25. The zero-order chi connectivity index (χ0) is 23.8. The largest absolute Gasteiger partial charge is 0.480 e. The number of hydrogen-bond acceptors (Lipinski definition) is 6. The van der Waals surface area contributed by atoms with Crippen molar-refractivity contribution in [2.45, 2.75) is 25.6 Å². The third-order valence-electron chi connectivity index (χ3n) is 4.93. The molecule has 1 aromatic heterocycles. The maximum Gasteiger partial charge on any atom is 0.416 e. The van der Waals surface area contributed by atoms with E-state index in [0.717, 1.165) is 11.0 Å². The summed E-state index contributed by atoms with van der Waals surface area (Å²) >= 11 is 6.01. The number of para-hydroxylation sites is 1. The Morgan fingerprint density at radius 3 is 2.69 bits per heavy atom. The Kier molecular flexibility index (Phi) is 6.26. The van der Waals surface area contributed by atoms with Gasteiger partial charge in [0.2, 0.25) is 5.91 Å². The number of halogens is 4. The van der Waals surface area contributed by atoms with Crippen molar-refractivity contribution in [1.82, 2.24) is 4.98 Å². The number of benzene rings is 1. The number of nitro benzene ring substituents is 1. The van der Waals surface area contributed by atoms with Gasteiger partial charge in [0.15, 0.2) is 0 Å². The molecule has 1 amide bonds. The van der Waals surface area contributed by atoms with Crippen LogP contribution < -0.4 is 10.2 Å². The van der Waals surface area contributed by atoms with Crippen molar-refractivity contribution in [3.8, 4) is 0 Å². The van der Waals surface area contributed by atoms with Crippen molar-refractivity contribution in [3.63, 3.8) is 0 Å². The van der Waals surface area contributed by atoms with Gasteiger partial charge in [0.05, 0.1) is 15.5 Å². The highest BCUT2D eigenvalue weighted by Crippen LogP contribution is 2.37. The Balaban J connectivity index is 1.93. The molecule has 1 saturated heterocycles. The number of aromatic nitrogens is 1. The van der Waals surface area contributed by atoms with Crippen LogP contribution in [0.5, 0.6) is 0 Å². The Labute approximate surface area is 184 Å². The first-order chi connectivity index (χ1) is 14.9. The van der Waals surface area contributed by atoms with Gasteiger partial charge in [0, 0.05) is 30.6 Å². The van der Waals surface area contributed by atoms with Gasteiger partial charge in [0.25, 0.3) is 5.69 Å². The first kappa shape index (κ1) is 23.3. The van der Waals surface area contributed by atoms with Crippen LogP contribution in [0.15, 0.2) is 30.3 Å². The van der Waals surface area contributed by atoms with E-state index >= 15 is 0 Å². The van der Waals surface area contributed by atoms with E-state index in [1.54, 1.807) is 0 Å². The van der Waals surface area contributed by atoms with E-state index in [1.807, 2.05) is 0 Å². The molecule has 0 radical (unpaired) electrons. The molecule has 2 N–H and O–H groups in total. The minimum atomic E-state index is -4.71. The number of nitro groups is 1.